The van der Waals surface area contributed by atoms with E-state index in [9.17, 15) is 0 Å². The summed E-state index contributed by atoms with van der Waals surface area (Å²) < 4.78 is 11.8. The van der Waals surface area contributed by atoms with Gasteiger partial charge in [0, 0.05) is 24.3 Å². The van der Waals surface area contributed by atoms with Crippen LogP contribution in [-0.4, -0.2) is 32.3 Å². The minimum atomic E-state index is 0.0259. The molecule has 1 aromatic rings. The Morgan fingerprint density at radius 3 is 3.33 bits per heavy atom. The van der Waals surface area contributed by atoms with Gasteiger partial charge in [-0.25, -0.2) is 0 Å². The monoisotopic (exact) mass is 244 g/mol. The van der Waals surface area contributed by atoms with E-state index in [1.54, 1.807) is 0 Å². The van der Waals surface area contributed by atoms with Crippen LogP contribution in [0.25, 0.3) is 0 Å². The Bertz CT molecular complexity index is 493. The molecule has 4 heteroatoms. The molecule has 3 rings (SSSR count). The Labute approximate surface area is 107 Å². The molecule has 0 bridgehead atoms. The highest BCUT2D eigenvalue weighted by atomic mass is 16.6. The van der Waals surface area contributed by atoms with Crippen LogP contribution in [0.1, 0.15) is 5.56 Å². The third-order valence-corrected chi connectivity index (χ3v) is 3.22. The molecule has 0 fully saturated rings. The predicted octanol–water partition coefficient (Wildman–Crippen LogP) is 1.02. The van der Waals surface area contributed by atoms with Crippen LogP contribution in [-0.2, 0) is 6.42 Å². The van der Waals surface area contributed by atoms with E-state index in [1.165, 1.54) is 5.56 Å². The van der Waals surface area contributed by atoms with E-state index < -0.39 is 0 Å². The highest BCUT2D eigenvalue weighted by molar-refractivity contribution is 5.66. The standard InChI is InChI=1S/C14H16N2O2/c1-2-6-15-8-10-9-17-13-4-3-12-11(5-7-16-12)14(13)18-10/h1,3-4,10,15-16H,5-9H2. The van der Waals surface area contributed by atoms with E-state index in [0.717, 1.165) is 30.2 Å². The van der Waals surface area contributed by atoms with Crippen molar-refractivity contribution in [2.45, 2.75) is 12.5 Å². The van der Waals surface area contributed by atoms with Crippen LogP contribution in [0.2, 0.25) is 0 Å². The molecule has 1 aromatic carbocycles. The lowest BCUT2D eigenvalue weighted by molar-refractivity contribution is 0.0903. The number of terminal acetylenes is 1. The predicted molar refractivity (Wildman–Crippen MR) is 70.2 cm³/mol. The molecular weight excluding hydrogens is 228 g/mol. The normalized spacial score (nSPS) is 19.8. The molecule has 0 saturated carbocycles. The maximum absolute atomic E-state index is 6.03. The molecule has 94 valence electrons. The van der Waals surface area contributed by atoms with Crippen molar-refractivity contribution in [3.63, 3.8) is 0 Å². The summed E-state index contributed by atoms with van der Waals surface area (Å²) in [4.78, 5) is 0. The van der Waals surface area contributed by atoms with E-state index in [2.05, 4.69) is 22.6 Å². The summed E-state index contributed by atoms with van der Waals surface area (Å²) in [5.41, 5.74) is 2.39. The molecule has 0 aliphatic carbocycles. The van der Waals surface area contributed by atoms with Crippen LogP contribution >= 0.6 is 0 Å². The van der Waals surface area contributed by atoms with Crippen LogP contribution in [0.15, 0.2) is 12.1 Å². The quantitative estimate of drug-likeness (QED) is 0.615. The molecule has 2 aliphatic rings. The van der Waals surface area contributed by atoms with Crippen LogP contribution in [0.3, 0.4) is 0 Å². The van der Waals surface area contributed by atoms with Gasteiger partial charge in [0.05, 0.1) is 6.54 Å². The Morgan fingerprint density at radius 2 is 2.44 bits per heavy atom. The summed E-state index contributed by atoms with van der Waals surface area (Å²) in [7, 11) is 0. The molecule has 0 radical (unpaired) electrons. The van der Waals surface area contributed by atoms with E-state index in [-0.39, 0.29) is 6.10 Å². The topological polar surface area (TPSA) is 42.5 Å². The van der Waals surface area contributed by atoms with Gasteiger partial charge in [-0.2, -0.15) is 0 Å². The summed E-state index contributed by atoms with van der Waals surface area (Å²) in [6.45, 7) is 2.80. The lowest BCUT2D eigenvalue weighted by atomic mass is 10.1. The Balaban J connectivity index is 1.75. The maximum atomic E-state index is 6.03. The third kappa shape index (κ3) is 1.98. The molecule has 0 aromatic heterocycles. The van der Waals surface area contributed by atoms with Crippen molar-refractivity contribution >= 4 is 5.69 Å². The fourth-order valence-electron chi connectivity index (χ4n) is 2.37. The minimum Gasteiger partial charge on any atom is -0.486 e. The van der Waals surface area contributed by atoms with Gasteiger partial charge >= 0.3 is 0 Å². The number of fused-ring (bicyclic) bond motifs is 3. The second-order valence-electron chi connectivity index (χ2n) is 4.48. The molecule has 4 nitrogen and oxygen atoms in total. The Morgan fingerprint density at radius 1 is 1.50 bits per heavy atom. The highest BCUT2D eigenvalue weighted by Crippen LogP contribution is 2.41. The number of anilines is 1. The molecule has 0 spiro atoms. The van der Waals surface area contributed by atoms with Gasteiger partial charge in [-0.05, 0) is 18.6 Å². The van der Waals surface area contributed by atoms with Crippen molar-refractivity contribution in [3.8, 4) is 23.8 Å². The third-order valence-electron chi connectivity index (χ3n) is 3.22. The lowest BCUT2D eigenvalue weighted by Crippen LogP contribution is -2.38. The van der Waals surface area contributed by atoms with Crippen molar-refractivity contribution in [2.75, 3.05) is 31.6 Å². The molecule has 2 heterocycles. The van der Waals surface area contributed by atoms with Crippen LogP contribution < -0.4 is 20.1 Å². The Kier molecular flexibility index (Phi) is 2.99. The highest BCUT2D eigenvalue weighted by Gasteiger charge is 2.26. The average Bonchev–Trinajstić information content (AvgIpc) is 2.87. The molecule has 18 heavy (non-hydrogen) atoms. The Hall–Kier alpha value is -1.86. The van der Waals surface area contributed by atoms with Gasteiger partial charge in [-0.1, -0.05) is 5.92 Å². The smallest absolute Gasteiger partial charge is 0.167 e. The van der Waals surface area contributed by atoms with Crippen molar-refractivity contribution in [1.29, 1.82) is 0 Å². The molecule has 2 N–H and O–H groups in total. The van der Waals surface area contributed by atoms with Crippen molar-refractivity contribution in [1.82, 2.24) is 5.32 Å². The van der Waals surface area contributed by atoms with Gasteiger partial charge in [0.15, 0.2) is 11.5 Å². The molecular formula is C14H16N2O2. The number of hydrogen-bond donors (Lipinski definition) is 2. The van der Waals surface area contributed by atoms with E-state index >= 15 is 0 Å². The lowest BCUT2D eigenvalue weighted by Gasteiger charge is -2.28. The minimum absolute atomic E-state index is 0.0259. The molecule has 0 saturated heterocycles. The second-order valence-corrected chi connectivity index (χ2v) is 4.48. The van der Waals surface area contributed by atoms with Crippen LogP contribution in [0.4, 0.5) is 5.69 Å². The largest absolute Gasteiger partial charge is 0.486 e. The first kappa shape index (κ1) is 11.2. The zero-order valence-corrected chi connectivity index (χ0v) is 10.2. The van der Waals surface area contributed by atoms with Crippen LogP contribution in [0, 0.1) is 12.3 Å². The average molecular weight is 244 g/mol. The summed E-state index contributed by atoms with van der Waals surface area (Å²) in [5.74, 6) is 4.30. The number of ether oxygens (including phenoxy) is 2. The number of nitrogens with one attached hydrogen (secondary N) is 2. The van der Waals surface area contributed by atoms with E-state index in [0.29, 0.717) is 19.7 Å². The van der Waals surface area contributed by atoms with Crippen molar-refractivity contribution < 1.29 is 9.47 Å². The molecule has 1 atom stereocenters. The fraction of sp³-hybridized carbons (Fsp3) is 0.429. The summed E-state index contributed by atoms with van der Waals surface area (Å²) in [6, 6.07) is 4.03. The van der Waals surface area contributed by atoms with E-state index in [1.807, 2.05) is 6.07 Å². The first-order chi connectivity index (χ1) is 8.88. The SMILES string of the molecule is C#CCNCC1COc2ccc3c(c2O1)CCN3. The van der Waals surface area contributed by atoms with Gasteiger partial charge in [-0.15, -0.1) is 6.42 Å². The number of benzene rings is 1. The second kappa shape index (κ2) is 4.79. The van der Waals surface area contributed by atoms with Crippen LogP contribution in [0.5, 0.6) is 11.5 Å². The van der Waals surface area contributed by atoms with Gasteiger partial charge in [-0.3, -0.25) is 0 Å². The molecule has 0 amide bonds. The number of hydrogen-bond acceptors (Lipinski definition) is 4. The van der Waals surface area contributed by atoms with Gasteiger partial charge < -0.3 is 20.1 Å². The van der Waals surface area contributed by atoms with Gasteiger partial charge in [0.25, 0.3) is 0 Å². The summed E-state index contributed by atoms with van der Waals surface area (Å²) in [5, 5.41) is 6.49. The summed E-state index contributed by atoms with van der Waals surface area (Å²) in [6.07, 6.45) is 6.22. The summed E-state index contributed by atoms with van der Waals surface area (Å²) >= 11 is 0. The molecule has 1 unspecified atom stereocenters. The fourth-order valence-corrected chi connectivity index (χ4v) is 2.37. The zero-order valence-electron chi connectivity index (χ0n) is 10.2. The van der Waals surface area contributed by atoms with E-state index in [4.69, 9.17) is 15.9 Å². The van der Waals surface area contributed by atoms with Gasteiger partial charge in [0.1, 0.15) is 12.7 Å². The first-order valence-electron chi connectivity index (χ1n) is 6.22. The van der Waals surface area contributed by atoms with Crippen molar-refractivity contribution in [2.24, 2.45) is 0 Å². The van der Waals surface area contributed by atoms with Gasteiger partial charge in [0.2, 0.25) is 0 Å². The molecule has 2 aliphatic heterocycles. The maximum Gasteiger partial charge on any atom is 0.167 e. The van der Waals surface area contributed by atoms with Crippen molar-refractivity contribution in [3.05, 3.63) is 17.7 Å². The first-order valence-corrected chi connectivity index (χ1v) is 6.22. The number of rotatable bonds is 3. The zero-order chi connectivity index (χ0) is 12.4.